The predicted molar refractivity (Wildman–Crippen MR) is 75.0 cm³/mol. The summed E-state index contributed by atoms with van der Waals surface area (Å²) in [5.74, 6) is 2.51. The fourth-order valence-corrected chi connectivity index (χ4v) is 5.00. The van der Waals surface area contributed by atoms with Gasteiger partial charge in [0.05, 0.1) is 17.0 Å². The van der Waals surface area contributed by atoms with Gasteiger partial charge in [0, 0.05) is 29.5 Å². The standard InChI is InChI=1S/C12H18N2OS2/c1-3-10-12(17-6-5-16-10)11(15)9-7-13-14(4-2)8-9/h7-8,10,12H,3-6H2,1-2H3. The van der Waals surface area contributed by atoms with Crippen molar-refractivity contribution >= 4 is 29.3 Å². The van der Waals surface area contributed by atoms with Crippen molar-refractivity contribution in [3.63, 3.8) is 0 Å². The molecule has 0 amide bonds. The maximum Gasteiger partial charge on any atom is 0.180 e. The van der Waals surface area contributed by atoms with Gasteiger partial charge in [-0.25, -0.2) is 0 Å². The molecular weight excluding hydrogens is 252 g/mol. The van der Waals surface area contributed by atoms with Crippen LogP contribution in [-0.4, -0.2) is 37.6 Å². The van der Waals surface area contributed by atoms with Crippen molar-refractivity contribution in [2.24, 2.45) is 0 Å². The molecule has 0 aliphatic carbocycles. The Morgan fingerprint density at radius 1 is 1.47 bits per heavy atom. The van der Waals surface area contributed by atoms with Gasteiger partial charge in [0.15, 0.2) is 5.78 Å². The Morgan fingerprint density at radius 3 is 2.88 bits per heavy atom. The third kappa shape index (κ3) is 2.88. The second kappa shape index (κ2) is 5.96. The van der Waals surface area contributed by atoms with Gasteiger partial charge in [0.25, 0.3) is 0 Å². The quantitative estimate of drug-likeness (QED) is 0.788. The van der Waals surface area contributed by atoms with Gasteiger partial charge >= 0.3 is 0 Å². The van der Waals surface area contributed by atoms with Crippen LogP contribution in [0.15, 0.2) is 12.4 Å². The monoisotopic (exact) mass is 270 g/mol. The van der Waals surface area contributed by atoms with Crippen LogP contribution in [0.5, 0.6) is 0 Å². The molecule has 2 rings (SSSR count). The summed E-state index contributed by atoms with van der Waals surface area (Å²) in [5.41, 5.74) is 0.769. The van der Waals surface area contributed by atoms with E-state index < -0.39 is 0 Å². The topological polar surface area (TPSA) is 34.9 Å². The lowest BCUT2D eigenvalue weighted by Gasteiger charge is -2.28. The highest BCUT2D eigenvalue weighted by atomic mass is 32.2. The Hall–Kier alpha value is -0.420. The normalized spacial score (nSPS) is 24.8. The molecule has 1 aliphatic rings. The average molecular weight is 270 g/mol. The SMILES string of the molecule is CCC1SCCSC1C(=O)c1cnn(CC)c1. The molecule has 0 bridgehead atoms. The molecule has 5 heteroatoms. The molecule has 1 aromatic rings. The third-order valence-electron chi connectivity index (χ3n) is 2.95. The fraction of sp³-hybridized carbons (Fsp3) is 0.667. The Balaban J connectivity index is 2.12. The summed E-state index contributed by atoms with van der Waals surface area (Å²) in [7, 11) is 0. The number of thioether (sulfide) groups is 2. The van der Waals surface area contributed by atoms with Crippen molar-refractivity contribution in [3.8, 4) is 0 Å². The summed E-state index contributed by atoms with van der Waals surface area (Å²) in [6.07, 6.45) is 4.64. The van der Waals surface area contributed by atoms with Crippen LogP contribution in [0.25, 0.3) is 0 Å². The van der Waals surface area contributed by atoms with Crippen LogP contribution in [0.3, 0.4) is 0 Å². The van der Waals surface area contributed by atoms with Crippen LogP contribution >= 0.6 is 23.5 Å². The second-order valence-corrected chi connectivity index (χ2v) is 6.65. The van der Waals surface area contributed by atoms with Gasteiger partial charge in [-0.15, -0.1) is 11.8 Å². The summed E-state index contributed by atoms with van der Waals surface area (Å²) in [5, 5.41) is 4.76. The number of aryl methyl sites for hydroxylation is 1. The molecule has 94 valence electrons. The minimum Gasteiger partial charge on any atom is -0.293 e. The van der Waals surface area contributed by atoms with Crippen LogP contribution in [0, 0.1) is 0 Å². The molecule has 1 saturated heterocycles. The predicted octanol–water partition coefficient (Wildman–Crippen LogP) is 2.71. The number of hydrogen-bond donors (Lipinski definition) is 0. The molecule has 2 unspecified atom stereocenters. The third-order valence-corrected chi connectivity index (χ3v) is 6.20. The first-order chi connectivity index (χ1) is 8.26. The zero-order chi connectivity index (χ0) is 12.3. The van der Waals surface area contributed by atoms with Gasteiger partial charge < -0.3 is 0 Å². The van der Waals surface area contributed by atoms with Crippen molar-refractivity contribution in [2.45, 2.75) is 37.3 Å². The van der Waals surface area contributed by atoms with Crippen molar-refractivity contribution in [1.82, 2.24) is 9.78 Å². The molecule has 1 aliphatic heterocycles. The molecule has 0 radical (unpaired) electrons. The maximum absolute atomic E-state index is 12.4. The maximum atomic E-state index is 12.4. The lowest BCUT2D eigenvalue weighted by molar-refractivity contribution is 0.0988. The number of rotatable bonds is 4. The average Bonchev–Trinajstić information content (AvgIpc) is 2.86. The first-order valence-electron chi connectivity index (χ1n) is 6.06. The molecule has 1 fully saturated rings. The summed E-state index contributed by atoms with van der Waals surface area (Å²) in [4.78, 5) is 12.4. The number of aromatic nitrogens is 2. The smallest absolute Gasteiger partial charge is 0.180 e. The van der Waals surface area contributed by atoms with Crippen molar-refractivity contribution in [2.75, 3.05) is 11.5 Å². The van der Waals surface area contributed by atoms with E-state index in [0.29, 0.717) is 5.25 Å². The molecule has 1 aromatic heterocycles. The zero-order valence-electron chi connectivity index (χ0n) is 10.3. The molecule has 0 aromatic carbocycles. The van der Waals surface area contributed by atoms with Crippen LogP contribution in [0.1, 0.15) is 30.6 Å². The van der Waals surface area contributed by atoms with Gasteiger partial charge in [0.1, 0.15) is 0 Å². The minimum absolute atomic E-state index is 0.119. The summed E-state index contributed by atoms with van der Waals surface area (Å²) in [6.45, 7) is 5.01. The number of hydrogen-bond acceptors (Lipinski definition) is 4. The molecule has 3 nitrogen and oxygen atoms in total. The zero-order valence-corrected chi connectivity index (χ0v) is 11.9. The van der Waals surface area contributed by atoms with E-state index in [4.69, 9.17) is 0 Å². The summed E-state index contributed by atoms with van der Waals surface area (Å²) >= 11 is 3.75. The number of carbonyl (C=O) groups excluding carboxylic acids is 1. The van der Waals surface area contributed by atoms with E-state index >= 15 is 0 Å². The summed E-state index contributed by atoms with van der Waals surface area (Å²) < 4.78 is 1.81. The van der Waals surface area contributed by atoms with Crippen LogP contribution < -0.4 is 0 Å². The van der Waals surface area contributed by atoms with E-state index in [-0.39, 0.29) is 11.0 Å². The van der Waals surface area contributed by atoms with Crippen LogP contribution in [0.4, 0.5) is 0 Å². The highest BCUT2D eigenvalue weighted by molar-refractivity contribution is 8.07. The van der Waals surface area contributed by atoms with Crippen molar-refractivity contribution in [1.29, 1.82) is 0 Å². The first-order valence-corrected chi connectivity index (χ1v) is 8.15. The lowest BCUT2D eigenvalue weighted by atomic mass is 10.1. The van der Waals surface area contributed by atoms with Crippen molar-refractivity contribution in [3.05, 3.63) is 18.0 Å². The molecule has 2 atom stereocenters. The number of Topliss-reactive ketones (excluding diaryl/α,β-unsaturated/α-hetero) is 1. The Morgan fingerprint density at radius 2 is 2.24 bits per heavy atom. The van der Waals surface area contributed by atoms with Gasteiger partial charge in [-0.05, 0) is 13.3 Å². The molecule has 17 heavy (non-hydrogen) atoms. The van der Waals surface area contributed by atoms with E-state index in [1.54, 1.807) is 6.20 Å². The number of ketones is 1. The van der Waals surface area contributed by atoms with E-state index in [1.807, 2.05) is 41.3 Å². The first kappa shape index (κ1) is 13.0. The molecule has 0 saturated carbocycles. The van der Waals surface area contributed by atoms with Gasteiger partial charge in [-0.1, -0.05) is 6.92 Å². The van der Waals surface area contributed by atoms with E-state index in [9.17, 15) is 4.79 Å². The Bertz CT molecular complexity index is 392. The van der Waals surface area contributed by atoms with E-state index in [1.165, 1.54) is 5.75 Å². The minimum atomic E-state index is 0.119. The Labute approximate surface area is 111 Å². The van der Waals surface area contributed by atoms with E-state index in [0.717, 1.165) is 24.3 Å². The van der Waals surface area contributed by atoms with Crippen LogP contribution in [-0.2, 0) is 6.54 Å². The highest BCUT2D eigenvalue weighted by Gasteiger charge is 2.32. The number of carbonyl (C=O) groups is 1. The van der Waals surface area contributed by atoms with Gasteiger partial charge in [0.2, 0.25) is 0 Å². The fourth-order valence-electron chi connectivity index (χ4n) is 1.97. The summed E-state index contributed by atoms with van der Waals surface area (Å²) in [6, 6.07) is 0. The van der Waals surface area contributed by atoms with Gasteiger partial charge in [-0.2, -0.15) is 16.9 Å². The second-order valence-electron chi connectivity index (χ2n) is 4.06. The van der Waals surface area contributed by atoms with Crippen LogP contribution in [0.2, 0.25) is 0 Å². The lowest BCUT2D eigenvalue weighted by Crippen LogP contribution is -2.32. The number of nitrogens with zero attached hydrogens (tertiary/aromatic N) is 2. The molecule has 2 heterocycles. The molecule has 0 N–H and O–H groups in total. The van der Waals surface area contributed by atoms with Crippen molar-refractivity contribution < 1.29 is 4.79 Å². The Kier molecular flexibility index (Phi) is 4.56. The van der Waals surface area contributed by atoms with E-state index in [2.05, 4.69) is 12.0 Å². The largest absolute Gasteiger partial charge is 0.293 e. The van der Waals surface area contributed by atoms with Gasteiger partial charge in [-0.3, -0.25) is 9.48 Å². The highest BCUT2D eigenvalue weighted by Crippen LogP contribution is 2.35. The molecule has 0 spiro atoms. The molecular formula is C12H18N2OS2.